The van der Waals surface area contributed by atoms with Crippen LogP contribution in [0.15, 0.2) is 35.0 Å². The fourth-order valence-corrected chi connectivity index (χ4v) is 0.901. The van der Waals surface area contributed by atoms with Crippen molar-refractivity contribution in [2.75, 3.05) is 6.54 Å². The van der Waals surface area contributed by atoms with Gasteiger partial charge < -0.3 is 9.73 Å². The van der Waals surface area contributed by atoms with Gasteiger partial charge in [-0.15, -0.1) is 0 Å². The topological polar surface area (TPSA) is 25.2 Å². The van der Waals surface area contributed by atoms with E-state index in [9.17, 15) is 0 Å². The van der Waals surface area contributed by atoms with Gasteiger partial charge in [-0.2, -0.15) is 0 Å². The summed E-state index contributed by atoms with van der Waals surface area (Å²) in [5, 5.41) is 3.25. The van der Waals surface area contributed by atoms with Crippen LogP contribution in [-0.2, 0) is 6.54 Å². The molecule has 2 heteroatoms. The van der Waals surface area contributed by atoms with Gasteiger partial charge in [-0.05, 0) is 18.6 Å². The van der Waals surface area contributed by atoms with E-state index in [0.29, 0.717) is 0 Å². The minimum Gasteiger partial charge on any atom is -0.468 e. The van der Waals surface area contributed by atoms with Crippen LogP contribution in [0.5, 0.6) is 0 Å². The van der Waals surface area contributed by atoms with Gasteiger partial charge in [-0.1, -0.05) is 19.1 Å². The van der Waals surface area contributed by atoms with Crippen molar-refractivity contribution < 1.29 is 4.42 Å². The number of nitrogens with one attached hydrogen (secondary N) is 1. The molecule has 0 amide bonds. The molecule has 0 aliphatic rings. The molecule has 0 unspecified atom stereocenters. The number of rotatable bonds is 5. The molecule has 0 saturated carbocycles. The lowest BCUT2D eigenvalue weighted by atomic mass is 10.2. The fourth-order valence-electron chi connectivity index (χ4n) is 0.901. The van der Waals surface area contributed by atoms with E-state index in [0.717, 1.165) is 25.3 Å². The van der Waals surface area contributed by atoms with Gasteiger partial charge >= 0.3 is 0 Å². The van der Waals surface area contributed by atoms with Crippen molar-refractivity contribution in [1.82, 2.24) is 5.32 Å². The minimum atomic E-state index is 0.784. The third-order valence-corrected chi connectivity index (χ3v) is 1.75. The van der Waals surface area contributed by atoms with Crippen LogP contribution < -0.4 is 5.32 Å². The zero-order chi connectivity index (χ0) is 8.81. The van der Waals surface area contributed by atoms with Crippen molar-refractivity contribution in [3.63, 3.8) is 0 Å². The van der Waals surface area contributed by atoms with E-state index in [-0.39, 0.29) is 0 Å². The Kier molecular flexibility index (Phi) is 3.61. The van der Waals surface area contributed by atoms with Crippen LogP contribution in [0.4, 0.5) is 0 Å². The summed E-state index contributed by atoms with van der Waals surface area (Å²) in [6.45, 7) is 7.66. The molecule has 0 aliphatic heterocycles. The number of furan rings is 1. The first-order chi connectivity index (χ1) is 5.83. The summed E-state index contributed by atoms with van der Waals surface area (Å²) in [4.78, 5) is 0. The van der Waals surface area contributed by atoms with Crippen molar-refractivity contribution in [3.05, 3.63) is 36.3 Å². The monoisotopic (exact) mass is 165 g/mol. The lowest BCUT2D eigenvalue weighted by Gasteiger charge is -2.02. The summed E-state index contributed by atoms with van der Waals surface area (Å²) >= 11 is 0. The molecule has 1 N–H and O–H groups in total. The first-order valence-electron chi connectivity index (χ1n) is 4.22. The van der Waals surface area contributed by atoms with Crippen molar-refractivity contribution in [2.45, 2.75) is 19.9 Å². The molecule has 1 aromatic heterocycles. The van der Waals surface area contributed by atoms with E-state index in [1.54, 1.807) is 6.26 Å². The largest absolute Gasteiger partial charge is 0.468 e. The maximum atomic E-state index is 5.16. The molecule has 0 spiro atoms. The van der Waals surface area contributed by atoms with Crippen LogP contribution >= 0.6 is 0 Å². The third-order valence-electron chi connectivity index (χ3n) is 1.75. The standard InChI is InChI=1S/C10H15NO/c1-3-9(2)7-11-8-10-5-4-6-12-10/h4-6,11H,2-3,7-8H2,1H3. The van der Waals surface area contributed by atoms with Gasteiger partial charge in [0.05, 0.1) is 12.8 Å². The van der Waals surface area contributed by atoms with Crippen molar-refractivity contribution in [3.8, 4) is 0 Å². The molecule has 0 fully saturated rings. The van der Waals surface area contributed by atoms with Gasteiger partial charge in [0.2, 0.25) is 0 Å². The minimum absolute atomic E-state index is 0.784. The molecule has 1 rings (SSSR count). The number of hydrogen-bond acceptors (Lipinski definition) is 2. The van der Waals surface area contributed by atoms with E-state index >= 15 is 0 Å². The predicted octanol–water partition coefficient (Wildman–Crippen LogP) is 2.34. The molecule has 2 nitrogen and oxygen atoms in total. The molecule has 0 aromatic carbocycles. The molecule has 0 saturated heterocycles. The second-order valence-corrected chi connectivity index (χ2v) is 2.79. The summed E-state index contributed by atoms with van der Waals surface area (Å²) in [5.41, 5.74) is 1.22. The molecule has 1 heterocycles. The first kappa shape index (κ1) is 9.07. The van der Waals surface area contributed by atoms with E-state index in [1.807, 2.05) is 12.1 Å². The molecule has 66 valence electrons. The van der Waals surface area contributed by atoms with Crippen LogP contribution in [0.1, 0.15) is 19.1 Å². The highest BCUT2D eigenvalue weighted by atomic mass is 16.3. The first-order valence-corrected chi connectivity index (χ1v) is 4.22. The van der Waals surface area contributed by atoms with Gasteiger partial charge in [0, 0.05) is 6.54 Å². The third kappa shape index (κ3) is 2.93. The molecular weight excluding hydrogens is 150 g/mol. The Bertz CT molecular complexity index is 226. The van der Waals surface area contributed by atoms with E-state index in [1.165, 1.54) is 5.57 Å². The van der Waals surface area contributed by atoms with E-state index in [2.05, 4.69) is 18.8 Å². The lowest BCUT2D eigenvalue weighted by molar-refractivity contribution is 0.488. The Balaban J connectivity index is 2.15. The van der Waals surface area contributed by atoms with Gasteiger partial charge in [0.25, 0.3) is 0 Å². The van der Waals surface area contributed by atoms with Crippen molar-refractivity contribution in [2.24, 2.45) is 0 Å². The molecule has 0 aliphatic carbocycles. The van der Waals surface area contributed by atoms with Crippen LogP contribution in [0.25, 0.3) is 0 Å². The fraction of sp³-hybridized carbons (Fsp3) is 0.400. The number of hydrogen-bond donors (Lipinski definition) is 1. The molecular formula is C10H15NO. The van der Waals surface area contributed by atoms with E-state index < -0.39 is 0 Å². The second kappa shape index (κ2) is 4.78. The maximum Gasteiger partial charge on any atom is 0.117 e. The highest BCUT2D eigenvalue weighted by Gasteiger charge is 1.94. The zero-order valence-corrected chi connectivity index (χ0v) is 7.47. The highest BCUT2D eigenvalue weighted by Crippen LogP contribution is 1.99. The van der Waals surface area contributed by atoms with Crippen LogP contribution in [-0.4, -0.2) is 6.54 Å². The van der Waals surface area contributed by atoms with Gasteiger partial charge in [0.15, 0.2) is 0 Å². The van der Waals surface area contributed by atoms with Gasteiger partial charge in [0.1, 0.15) is 5.76 Å². The molecule has 0 bridgehead atoms. The predicted molar refractivity (Wildman–Crippen MR) is 49.8 cm³/mol. The summed E-state index contributed by atoms with van der Waals surface area (Å²) in [6, 6.07) is 3.85. The summed E-state index contributed by atoms with van der Waals surface area (Å²) in [7, 11) is 0. The van der Waals surface area contributed by atoms with Gasteiger partial charge in [-0.25, -0.2) is 0 Å². The zero-order valence-electron chi connectivity index (χ0n) is 7.47. The summed E-state index contributed by atoms with van der Waals surface area (Å²) in [5.74, 6) is 0.971. The Morgan fingerprint density at radius 3 is 3.08 bits per heavy atom. The van der Waals surface area contributed by atoms with Crippen LogP contribution in [0, 0.1) is 0 Å². The smallest absolute Gasteiger partial charge is 0.117 e. The summed E-state index contributed by atoms with van der Waals surface area (Å²) < 4.78 is 5.16. The molecule has 0 atom stereocenters. The lowest BCUT2D eigenvalue weighted by Crippen LogP contribution is -2.15. The molecule has 0 radical (unpaired) electrons. The highest BCUT2D eigenvalue weighted by molar-refractivity contribution is 5.00. The second-order valence-electron chi connectivity index (χ2n) is 2.79. The normalized spacial score (nSPS) is 10.1. The van der Waals surface area contributed by atoms with E-state index in [4.69, 9.17) is 4.42 Å². The maximum absolute atomic E-state index is 5.16. The summed E-state index contributed by atoms with van der Waals surface area (Å²) in [6.07, 6.45) is 2.72. The average molecular weight is 165 g/mol. The average Bonchev–Trinajstić information content (AvgIpc) is 2.57. The Morgan fingerprint density at radius 2 is 2.50 bits per heavy atom. The quantitative estimate of drug-likeness (QED) is 0.677. The Labute approximate surface area is 73.3 Å². The molecule has 12 heavy (non-hydrogen) atoms. The van der Waals surface area contributed by atoms with Crippen molar-refractivity contribution in [1.29, 1.82) is 0 Å². The van der Waals surface area contributed by atoms with Gasteiger partial charge in [-0.3, -0.25) is 0 Å². The van der Waals surface area contributed by atoms with Crippen LogP contribution in [0.2, 0.25) is 0 Å². The molecule has 1 aromatic rings. The Hall–Kier alpha value is -1.02. The van der Waals surface area contributed by atoms with Crippen LogP contribution in [0.3, 0.4) is 0 Å². The SMILES string of the molecule is C=C(CC)CNCc1ccco1. The Morgan fingerprint density at radius 1 is 1.67 bits per heavy atom. The van der Waals surface area contributed by atoms with Crippen molar-refractivity contribution >= 4 is 0 Å².